The van der Waals surface area contributed by atoms with Crippen LogP contribution >= 0.6 is 0 Å². The van der Waals surface area contributed by atoms with E-state index in [0.717, 1.165) is 19.0 Å². The molecule has 0 aliphatic carbocycles. The molecule has 0 radical (unpaired) electrons. The Morgan fingerprint density at radius 2 is 1.55 bits per heavy atom. The number of likely N-dealkylation sites (tertiary alicyclic amines) is 1. The van der Waals surface area contributed by atoms with Crippen molar-refractivity contribution in [1.29, 1.82) is 0 Å². The van der Waals surface area contributed by atoms with E-state index in [2.05, 4.69) is 35.5 Å². The highest BCUT2D eigenvalue weighted by Gasteiger charge is 2.29. The molecule has 0 aromatic heterocycles. The predicted molar refractivity (Wildman–Crippen MR) is 91.9 cm³/mol. The molecule has 128 valence electrons. The summed E-state index contributed by atoms with van der Waals surface area (Å²) >= 11 is 0. The van der Waals surface area contributed by atoms with Gasteiger partial charge in [-0.1, -0.05) is 13.8 Å². The van der Waals surface area contributed by atoms with E-state index in [9.17, 15) is 4.79 Å². The van der Waals surface area contributed by atoms with E-state index in [1.165, 1.54) is 45.6 Å². The van der Waals surface area contributed by atoms with Crippen LogP contribution in [0.25, 0.3) is 0 Å². The van der Waals surface area contributed by atoms with Gasteiger partial charge in [-0.2, -0.15) is 0 Å². The van der Waals surface area contributed by atoms with Crippen LogP contribution in [0, 0.1) is 11.8 Å². The minimum Gasteiger partial charge on any atom is -0.342 e. The first-order valence-electron chi connectivity index (χ1n) is 9.03. The Morgan fingerprint density at radius 3 is 2.00 bits per heavy atom. The summed E-state index contributed by atoms with van der Waals surface area (Å²) in [5, 5.41) is 0. The van der Waals surface area contributed by atoms with Gasteiger partial charge in [-0.15, -0.1) is 0 Å². The molecule has 0 aromatic rings. The van der Waals surface area contributed by atoms with Gasteiger partial charge in [0, 0.05) is 57.3 Å². The molecule has 2 aliphatic rings. The maximum Gasteiger partial charge on any atom is 0.225 e. The van der Waals surface area contributed by atoms with Gasteiger partial charge in [-0.05, 0) is 39.5 Å². The Bertz CT molecular complexity index is 359. The van der Waals surface area contributed by atoms with Gasteiger partial charge in [0.05, 0.1) is 0 Å². The van der Waals surface area contributed by atoms with E-state index >= 15 is 0 Å². The Kier molecular flexibility index (Phi) is 5.89. The quantitative estimate of drug-likeness (QED) is 0.800. The Balaban J connectivity index is 1.70. The molecule has 4 heteroatoms. The fraction of sp³-hybridized carbons (Fsp3) is 0.944. The maximum atomic E-state index is 12.0. The molecule has 22 heavy (non-hydrogen) atoms. The third-order valence-electron chi connectivity index (χ3n) is 5.26. The molecule has 1 amide bonds. The van der Waals surface area contributed by atoms with Crippen molar-refractivity contribution >= 4 is 5.91 Å². The van der Waals surface area contributed by atoms with Crippen molar-refractivity contribution in [2.45, 2.75) is 53.0 Å². The lowest BCUT2D eigenvalue weighted by atomic mass is 9.95. The topological polar surface area (TPSA) is 26.8 Å². The number of amides is 1. The van der Waals surface area contributed by atoms with Crippen LogP contribution in [0.5, 0.6) is 0 Å². The van der Waals surface area contributed by atoms with Crippen molar-refractivity contribution < 1.29 is 4.79 Å². The number of piperazine rings is 1. The number of nitrogens with zero attached hydrogens (tertiary/aromatic N) is 3. The summed E-state index contributed by atoms with van der Waals surface area (Å²) in [6.45, 7) is 18.9. The normalized spacial score (nSPS) is 23.3. The summed E-state index contributed by atoms with van der Waals surface area (Å²) in [4.78, 5) is 19.3. The van der Waals surface area contributed by atoms with Gasteiger partial charge < -0.3 is 9.80 Å². The SMILES string of the molecule is CC(C)C(=O)N1CCC(CN2CCN(C(C)(C)C)CC2)CC1. The van der Waals surface area contributed by atoms with E-state index in [-0.39, 0.29) is 5.92 Å². The predicted octanol–water partition coefficient (Wildman–Crippen LogP) is 2.30. The zero-order valence-corrected chi connectivity index (χ0v) is 15.3. The second-order valence-electron chi connectivity index (χ2n) is 8.38. The molecule has 0 bridgehead atoms. The van der Waals surface area contributed by atoms with Gasteiger partial charge in [0.1, 0.15) is 0 Å². The maximum absolute atomic E-state index is 12.0. The van der Waals surface area contributed by atoms with E-state index in [4.69, 9.17) is 0 Å². The Morgan fingerprint density at radius 1 is 1.00 bits per heavy atom. The van der Waals surface area contributed by atoms with Crippen LogP contribution in [0.15, 0.2) is 0 Å². The van der Waals surface area contributed by atoms with Gasteiger partial charge in [-0.25, -0.2) is 0 Å². The standard InChI is InChI=1S/C18H35N3O/c1-15(2)17(22)20-8-6-16(7-9-20)14-19-10-12-21(13-11-19)18(3,4)5/h15-16H,6-14H2,1-5H3. The van der Waals surface area contributed by atoms with Crippen LogP contribution in [0.4, 0.5) is 0 Å². The minimum atomic E-state index is 0.141. The first kappa shape index (κ1) is 17.7. The molecular weight excluding hydrogens is 274 g/mol. The smallest absolute Gasteiger partial charge is 0.225 e. The van der Waals surface area contributed by atoms with Crippen LogP contribution in [0.1, 0.15) is 47.5 Å². The molecule has 0 aromatic carbocycles. The van der Waals surface area contributed by atoms with Crippen molar-refractivity contribution in [3.05, 3.63) is 0 Å². The summed E-state index contributed by atoms with van der Waals surface area (Å²) in [5.41, 5.74) is 0.300. The van der Waals surface area contributed by atoms with E-state index < -0.39 is 0 Å². The van der Waals surface area contributed by atoms with Crippen LogP contribution in [0.3, 0.4) is 0 Å². The van der Waals surface area contributed by atoms with Crippen molar-refractivity contribution in [1.82, 2.24) is 14.7 Å². The fourth-order valence-corrected chi connectivity index (χ4v) is 3.67. The zero-order chi connectivity index (χ0) is 16.3. The highest BCUT2D eigenvalue weighted by molar-refractivity contribution is 5.78. The lowest BCUT2D eigenvalue weighted by molar-refractivity contribution is -0.135. The van der Waals surface area contributed by atoms with Gasteiger partial charge in [0.15, 0.2) is 0 Å². The second-order valence-corrected chi connectivity index (χ2v) is 8.38. The Hall–Kier alpha value is -0.610. The van der Waals surface area contributed by atoms with Crippen molar-refractivity contribution in [3.8, 4) is 0 Å². The number of hydrogen-bond acceptors (Lipinski definition) is 3. The number of hydrogen-bond donors (Lipinski definition) is 0. The molecule has 0 atom stereocenters. The third kappa shape index (κ3) is 4.69. The monoisotopic (exact) mass is 309 g/mol. The average molecular weight is 309 g/mol. The minimum absolute atomic E-state index is 0.141. The molecule has 4 nitrogen and oxygen atoms in total. The molecule has 2 saturated heterocycles. The van der Waals surface area contributed by atoms with Crippen LogP contribution < -0.4 is 0 Å². The number of carbonyl (C=O) groups excluding carboxylic acids is 1. The van der Waals surface area contributed by atoms with Crippen LogP contribution in [-0.2, 0) is 4.79 Å². The summed E-state index contributed by atoms with van der Waals surface area (Å²) < 4.78 is 0. The Labute approximate surface area is 136 Å². The van der Waals surface area contributed by atoms with E-state index in [1.54, 1.807) is 0 Å². The summed E-state index contributed by atoms with van der Waals surface area (Å²) in [6.07, 6.45) is 2.36. The molecule has 0 unspecified atom stereocenters. The first-order valence-corrected chi connectivity index (χ1v) is 9.03. The first-order chi connectivity index (χ1) is 10.3. The number of carbonyl (C=O) groups is 1. The summed E-state index contributed by atoms with van der Waals surface area (Å²) in [6, 6.07) is 0. The van der Waals surface area contributed by atoms with E-state index in [0.29, 0.717) is 11.4 Å². The second kappa shape index (κ2) is 7.31. The number of rotatable bonds is 3. The third-order valence-corrected chi connectivity index (χ3v) is 5.26. The summed E-state index contributed by atoms with van der Waals surface area (Å²) in [5.74, 6) is 1.25. The molecule has 2 rings (SSSR count). The highest BCUT2D eigenvalue weighted by Crippen LogP contribution is 2.22. The van der Waals surface area contributed by atoms with Gasteiger partial charge in [0.2, 0.25) is 5.91 Å². The largest absolute Gasteiger partial charge is 0.342 e. The zero-order valence-electron chi connectivity index (χ0n) is 15.3. The lowest BCUT2D eigenvalue weighted by Crippen LogP contribution is -2.54. The molecule has 0 N–H and O–H groups in total. The molecule has 2 aliphatic heterocycles. The van der Waals surface area contributed by atoms with Gasteiger partial charge in [-0.3, -0.25) is 9.69 Å². The molecule has 2 heterocycles. The highest BCUT2D eigenvalue weighted by atomic mass is 16.2. The van der Waals surface area contributed by atoms with E-state index in [1.807, 2.05) is 13.8 Å². The summed E-state index contributed by atoms with van der Waals surface area (Å²) in [7, 11) is 0. The van der Waals surface area contributed by atoms with Crippen molar-refractivity contribution in [2.75, 3.05) is 45.8 Å². The fourth-order valence-electron chi connectivity index (χ4n) is 3.67. The van der Waals surface area contributed by atoms with Gasteiger partial charge in [0.25, 0.3) is 0 Å². The molecule has 2 fully saturated rings. The van der Waals surface area contributed by atoms with Crippen molar-refractivity contribution in [2.24, 2.45) is 11.8 Å². The average Bonchev–Trinajstić information content (AvgIpc) is 2.47. The number of piperidine rings is 1. The van der Waals surface area contributed by atoms with Crippen molar-refractivity contribution in [3.63, 3.8) is 0 Å². The lowest BCUT2D eigenvalue weighted by Gasteiger charge is -2.43. The molecule has 0 saturated carbocycles. The van der Waals surface area contributed by atoms with Crippen LogP contribution in [-0.4, -0.2) is 72.0 Å². The molecular formula is C18H35N3O. The van der Waals surface area contributed by atoms with Gasteiger partial charge >= 0.3 is 0 Å². The molecule has 0 spiro atoms. The van der Waals surface area contributed by atoms with Crippen LogP contribution in [0.2, 0.25) is 0 Å².